The van der Waals surface area contributed by atoms with E-state index in [1.54, 1.807) is 0 Å². The smallest absolute Gasteiger partial charge is 0.215 e. The van der Waals surface area contributed by atoms with E-state index in [4.69, 9.17) is 0 Å². The molecule has 0 saturated carbocycles. The molecule has 0 aliphatic rings. The fraction of sp³-hybridized carbons (Fsp3) is 0.409. The molecule has 0 saturated heterocycles. The lowest BCUT2D eigenvalue weighted by Gasteiger charge is -2.12. The van der Waals surface area contributed by atoms with Crippen molar-refractivity contribution in [3.05, 3.63) is 70.3 Å². The zero-order chi connectivity index (χ0) is 21.3. The van der Waals surface area contributed by atoms with Gasteiger partial charge < -0.3 is 10.6 Å². The van der Waals surface area contributed by atoms with Crippen LogP contribution >= 0.6 is 0 Å². The minimum Gasteiger partial charge on any atom is -0.357 e. The summed E-state index contributed by atoms with van der Waals surface area (Å²) in [6, 6.07) is 14.1. The van der Waals surface area contributed by atoms with Gasteiger partial charge in [0.25, 0.3) is 0 Å². The van der Waals surface area contributed by atoms with Gasteiger partial charge >= 0.3 is 0 Å². The van der Waals surface area contributed by atoms with Gasteiger partial charge in [-0.15, -0.1) is 0 Å². The predicted octanol–water partition coefficient (Wildman–Crippen LogP) is 2.65. The molecule has 0 spiro atoms. The van der Waals surface area contributed by atoms with Gasteiger partial charge in [-0.3, -0.25) is 0 Å². The summed E-state index contributed by atoms with van der Waals surface area (Å²) in [5.41, 5.74) is 5.59. The maximum atomic E-state index is 11.7. The number of aliphatic imine (C=N–C) groups is 1. The Labute approximate surface area is 174 Å². The highest BCUT2D eigenvalue weighted by molar-refractivity contribution is 7.88. The summed E-state index contributed by atoms with van der Waals surface area (Å²) in [5, 5.41) is 6.63. The van der Waals surface area contributed by atoms with E-state index in [0.29, 0.717) is 6.54 Å². The largest absolute Gasteiger partial charge is 0.357 e. The first-order valence-electron chi connectivity index (χ1n) is 9.89. The monoisotopic (exact) mass is 416 g/mol. The Kier molecular flexibility index (Phi) is 8.67. The molecule has 158 valence electrons. The molecule has 0 aliphatic heterocycles. The third-order valence-electron chi connectivity index (χ3n) is 4.41. The minimum absolute atomic E-state index is 0.0325. The highest BCUT2D eigenvalue weighted by Gasteiger charge is 2.08. The Morgan fingerprint density at radius 1 is 0.966 bits per heavy atom. The molecule has 29 heavy (non-hydrogen) atoms. The van der Waals surface area contributed by atoms with Crippen molar-refractivity contribution in [3.8, 4) is 0 Å². The third kappa shape index (κ3) is 8.25. The summed E-state index contributed by atoms with van der Waals surface area (Å²) < 4.78 is 25.8. The summed E-state index contributed by atoms with van der Waals surface area (Å²) in [6.07, 6.45) is 0.921. The molecule has 2 rings (SSSR count). The van der Waals surface area contributed by atoms with E-state index in [1.807, 2.05) is 31.2 Å². The molecule has 0 unspecified atom stereocenters. The van der Waals surface area contributed by atoms with Crippen molar-refractivity contribution in [2.75, 3.05) is 20.1 Å². The quantitative estimate of drug-likeness (QED) is 0.434. The van der Waals surface area contributed by atoms with Crippen LogP contribution < -0.4 is 15.4 Å². The number of sulfonamides is 1. The molecular formula is C22H32N4O2S. The van der Waals surface area contributed by atoms with E-state index in [0.717, 1.165) is 36.6 Å². The molecule has 0 aromatic heterocycles. The Balaban J connectivity index is 1.98. The number of hydrogen-bond acceptors (Lipinski definition) is 3. The van der Waals surface area contributed by atoms with Crippen molar-refractivity contribution in [2.45, 2.75) is 39.5 Å². The van der Waals surface area contributed by atoms with Gasteiger partial charge in [0.05, 0.1) is 12.3 Å². The Hall–Kier alpha value is -2.38. The predicted molar refractivity (Wildman–Crippen MR) is 121 cm³/mol. The number of nitrogens with zero attached hydrogens (tertiary/aromatic N) is 1. The van der Waals surface area contributed by atoms with Crippen molar-refractivity contribution < 1.29 is 8.42 Å². The van der Waals surface area contributed by atoms with Crippen molar-refractivity contribution in [2.24, 2.45) is 4.99 Å². The lowest BCUT2D eigenvalue weighted by molar-refractivity contribution is 0.587. The highest BCUT2D eigenvalue weighted by Crippen LogP contribution is 2.10. The minimum atomic E-state index is -3.28. The highest BCUT2D eigenvalue weighted by atomic mass is 32.2. The van der Waals surface area contributed by atoms with Crippen LogP contribution in [-0.2, 0) is 28.7 Å². The Morgan fingerprint density at radius 2 is 1.66 bits per heavy atom. The van der Waals surface area contributed by atoms with Crippen LogP contribution in [0.1, 0.15) is 34.7 Å². The van der Waals surface area contributed by atoms with Gasteiger partial charge in [0.1, 0.15) is 0 Å². The molecule has 0 aliphatic carbocycles. The molecule has 3 N–H and O–H groups in total. The van der Waals surface area contributed by atoms with Gasteiger partial charge in [0.2, 0.25) is 10.0 Å². The maximum absolute atomic E-state index is 11.7. The van der Waals surface area contributed by atoms with Gasteiger partial charge in [0.15, 0.2) is 5.96 Å². The molecule has 2 aromatic rings. The van der Waals surface area contributed by atoms with E-state index in [1.165, 1.54) is 23.7 Å². The molecule has 0 atom stereocenters. The molecule has 0 radical (unpaired) electrons. The second-order valence-electron chi connectivity index (χ2n) is 7.15. The number of rotatable bonds is 9. The summed E-state index contributed by atoms with van der Waals surface area (Å²) in [6.45, 7) is 8.30. The summed E-state index contributed by atoms with van der Waals surface area (Å²) >= 11 is 0. The Morgan fingerprint density at radius 3 is 2.31 bits per heavy atom. The molecule has 0 bridgehead atoms. The first-order chi connectivity index (χ1) is 13.8. The van der Waals surface area contributed by atoms with Crippen LogP contribution in [0.25, 0.3) is 0 Å². The van der Waals surface area contributed by atoms with Crippen molar-refractivity contribution in [1.82, 2.24) is 15.4 Å². The number of nitrogens with one attached hydrogen (secondary N) is 3. The van der Waals surface area contributed by atoms with Crippen LogP contribution in [0.5, 0.6) is 0 Å². The first-order valence-corrected chi connectivity index (χ1v) is 11.5. The molecule has 2 aromatic carbocycles. The maximum Gasteiger partial charge on any atom is 0.215 e. The second kappa shape index (κ2) is 11.0. The summed E-state index contributed by atoms with van der Waals surface area (Å²) in [5.74, 6) is 0.722. The average molecular weight is 417 g/mol. The van der Waals surface area contributed by atoms with Gasteiger partial charge in [-0.1, -0.05) is 53.6 Å². The van der Waals surface area contributed by atoms with E-state index in [-0.39, 0.29) is 5.75 Å². The fourth-order valence-electron chi connectivity index (χ4n) is 3.16. The molecule has 0 amide bonds. The van der Waals surface area contributed by atoms with Crippen LogP contribution in [0.2, 0.25) is 0 Å². The summed E-state index contributed by atoms with van der Waals surface area (Å²) in [4.78, 5) is 4.64. The van der Waals surface area contributed by atoms with Gasteiger partial charge in [-0.05, 0) is 50.9 Å². The van der Waals surface area contributed by atoms with Crippen LogP contribution in [0.3, 0.4) is 0 Å². The number of benzene rings is 2. The second-order valence-corrected chi connectivity index (χ2v) is 9.08. The summed E-state index contributed by atoms with van der Waals surface area (Å²) in [7, 11) is -1.86. The van der Waals surface area contributed by atoms with Gasteiger partial charge in [-0.25, -0.2) is 18.1 Å². The van der Waals surface area contributed by atoms with Gasteiger partial charge in [-0.2, -0.15) is 0 Å². The SMILES string of the molecule is CCNC(=NCc1cccc(CS(=O)(=O)NC)c1)NCCc1cc(C)cc(C)c1. The zero-order valence-electron chi connectivity index (χ0n) is 17.7. The molecule has 0 heterocycles. The topological polar surface area (TPSA) is 82.6 Å². The van der Waals surface area contributed by atoms with Crippen molar-refractivity contribution >= 4 is 16.0 Å². The lowest BCUT2D eigenvalue weighted by Crippen LogP contribution is -2.38. The standard InChI is InChI=1S/C22H32N4O2S/c1-5-24-22(25-10-9-19-12-17(2)11-18(3)13-19)26-15-20-7-6-8-21(14-20)16-29(27,28)23-4/h6-8,11-14,23H,5,9-10,15-16H2,1-4H3,(H2,24,25,26). The van der Waals surface area contributed by atoms with Gasteiger partial charge in [0, 0.05) is 13.1 Å². The van der Waals surface area contributed by atoms with E-state index in [9.17, 15) is 8.42 Å². The molecule has 7 heteroatoms. The third-order valence-corrected chi connectivity index (χ3v) is 5.75. The normalized spacial score (nSPS) is 12.1. The van der Waals surface area contributed by atoms with E-state index < -0.39 is 10.0 Å². The zero-order valence-corrected chi connectivity index (χ0v) is 18.6. The average Bonchev–Trinajstić information content (AvgIpc) is 2.65. The van der Waals surface area contributed by atoms with E-state index in [2.05, 4.69) is 52.4 Å². The molecular weight excluding hydrogens is 384 g/mol. The molecule has 0 fully saturated rings. The number of aryl methyl sites for hydroxylation is 2. The number of hydrogen-bond donors (Lipinski definition) is 3. The fourth-order valence-corrected chi connectivity index (χ4v) is 3.92. The molecule has 6 nitrogen and oxygen atoms in total. The van der Waals surface area contributed by atoms with E-state index >= 15 is 0 Å². The van der Waals surface area contributed by atoms with Crippen LogP contribution in [0.4, 0.5) is 0 Å². The van der Waals surface area contributed by atoms with Crippen molar-refractivity contribution in [1.29, 1.82) is 0 Å². The number of guanidine groups is 1. The van der Waals surface area contributed by atoms with Crippen molar-refractivity contribution in [3.63, 3.8) is 0 Å². The lowest BCUT2D eigenvalue weighted by atomic mass is 10.1. The van der Waals surface area contributed by atoms with Crippen LogP contribution in [0, 0.1) is 13.8 Å². The first kappa shape index (κ1) is 22.9. The Bertz CT molecular complexity index is 919. The van der Waals surface area contributed by atoms with Crippen LogP contribution in [0.15, 0.2) is 47.5 Å². The van der Waals surface area contributed by atoms with Crippen LogP contribution in [-0.4, -0.2) is 34.5 Å².